The molecule has 1 unspecified atom stereocenters. The van der Waals surface area contributed by atoms with Gasteiger partial charge in [-0.3, -0.25) is 9.58 Å². The topological polar surface area (TPSA) is 90.7 Å². The molecule has 1 saturated heterocycles. The van der Waals surface area contributed by atoms with Gasteiger partial charge >= 0.3 is 6.09 Å². The molecule has 3 heterocycles. The Morgan fingerprint density at radius 1 is 1.40 bits per heavy atom. The Kier molecular flexibility index (Phi) is 4.57. The maximum atomic E-state index is 12.9. The normalized spacial score (nSPS) is 24.2. The molecule has 0 spiro atoms. The molecule has 2 aliphatic rings. The Balaban J connectivity index is 1.89. The molecular weight excluding hydrogens is 346 g/mol. The minimum Gasteiger partial charge on any atom is -0.444 e. The fraction of sp³-hybridized carbons (Fsp3) is 0.750. The third kappa shape index (κ3) is 3.52. The van der Waals surface area contributed by atoms with Gasteiger partial charge in [0.1, 0.15) is 10.5 Å². The second kappa shape index (κ2) is 6.28. The number of amides is 1. The summed E-state index contributed by atoms with van der Waals surface area (Å²) in [7, 11) is -3.53. The molecule has 1 amide bonds. The molecule has 0 aromatic carbocycles. The molecule has 1 aromatic rings. The Morgan fingerprint density at radius 3 is 2.72 bits per heavy atom. The van der Waals surface area contributed by atoms with Crippen LogP contribution >= 0.6 is 0 Å². The van der Waals surface area contributed by atoms with Crippen molar-refractivity contribution in [1.29, 1.82) is 0 Å². The van der Waals surface area contributed by atoms with Gasteiger partial charge in [0.2, 0.25) is 0 Å². The summed E-state index contributed by atoms with van der Waals surface area (Å²) in [6.07, 6.45) is 1.44. The largest absolute Gasteiger partial charge is 0.444 e. The molecule has 2 atom stereocenters. The SMILES string of the molecule is C[C@H]1Cn2ncc(S(=O)(=O)C3CCOC3)c2CN1C(=O)OC(C)(C)C. The summed E-state index contributed by atoms with van der Waals surface area (Å²) in [6.45, 7) is 8.57. The van der Waals surface area contributed by atoms with Crippen LogP contribution in [0.5, 0.6) is 0 Å². The Bertz CT molecular complexity index is 759. The fourth-order valence-electron chi connectivity index (χ4n) is 3.12. The average Bonchev–Trinajstić information content (AvgIpc) is 3.14. The van der Waals surface area contributed by atoms with Gasteiger partial charge in [0, 0.05) is 6.61 Å². The number of hydrogen-bond donors (Lipinski definition) is 0. The molecule has 8 nitrogen and oxygen atoms in total. The third-order valence-corrected chi connectivity index (χ3v) is 6.66. The molecule has 0 saturated carbocycles. The number of ether oxygens (including phenoxy) is 2. The van der Waals surface area contributed by atoms with E-state index in [0.29, 0.717) is 25.3 Å². The van der Waals surface area contributed by atoms with Crippen LogP contribution in [0.2, 0.25) is 0 Å². The number of fused-ring (bicyclic) bond motifs is 1. The van der Waals surface area contributed by atoms with Crippen LogP contribution in [0.15, 0.2) is 11.1 Å². The van der Waals surface area contributed by atoms with Gasteiger partial charge in [-0.15, -0.1) is 0 Å². The maximum absolute atomic E-state index is 12.9. The lowest BCUT2D eigenvalue weighted by atomic mass is 10.2. The predicted molar refractivity (Wildman–Crippen MR) is 89.9 cm³/mol. The smallest absolute Gasteiger partial charge is 0.410 e. The summed E-state index contributed by atoms with van der Waals surface area (Å²) < 4.78 is 38.1. The number of carbonyl (C=O) groups excluding carboxylic acids is 1. The molecule has 0 aliphatic carbocycles. The predicted octanol–water partition coefficient (Wildman–Crippen LogP) is 1.58. The van der Waals surface area contributed by atoms with Gasteiger partial charge in [0.15, 0.2) is 9.84 Å². The second-order valence-corrected chi connectivity index (χ2v) is 9.82. The van der Waals surface area contributed by atoms with E-state index in [1.54, 1.807) is 30.4 Å². The van der Waals surface area contributed by atoms with Gasteiger partial charge in [-0.25, -0.2) is 13.2 Å². The van der Waals surface area contributed by atoms with Crippen LogP contribution < -0.4 is 0 Å². The van der Waals surface area contributed by atoms with E-state index in [-0.39, 0.29) is 24.1 Å². The third-order valence-electron chi connectivity index (χ3n) is 4.46. The number of rotatable bonds is 2. The lowest BCUT2D eigenvalue weighted by Gasteiger charge is -2.35. The number of sulfone groups is 1. The molecule has 0 N–H and O–H groups in total. The summed E-state index contributed by atoms with van der Waals surface area (Å²) in [5, 5.41) is 3.69. The molecule has 0 radical (unpaired) electrons. The van der Waals surface area contributed by atoms with Gasteiger partial charge in [-0.05, 0) is 34.1 Å². The molecular formula is C16H25N3O5S. The van der Waals surface area contributed by atoms with E-state index in [0.717, 1.165) is 0 Å². The van der Waals surface area contributed by atoms with Crippen LogP contribution in [0.1, 0.15) is 39.8 Å². The molecule has 25 heavy (non-hydrogen) atoms. The van der Waals surface area contributed by atoms with Crippen molar-refractivity contribution in [2.75, 3.05) is 13.2 Å². The van der Waals surface area contributed by atoms with E-state index in [1.165, 1.54) is 6.20 Å². The first-order chi connectivity index (χ1) is 11.6. The van der Waals surface area contributed by atoms with Crippen LogP contribution in [0.4, 0.5) is 4.79 Å². The summed E-state index contributed by atoms with van der Waals surface area (Å²) in [5.41, 5.74) is -0.0687. The number of hydrogen-bond acceptors (Lipinski definition) is 6. The molecule has 3 rings (SSSR count). The van der Waals surface area contributed by atoms with E-state index in [1.807, 2.05) is 6.92 Å². The van der Waals surface area contributed by atoms with Crippen molar-refractivity contribution in [1.82, 2.24) is 14.7 Å². The van der Waals surface area contributed by atoms with Crippen LogP contribution in [-0.2, 0) is 32.4 Å². The van der Waals surface area contributed by atoms with Crippen molar-refractivity contribution >= 4 is 15.9 Å². The zero-order chi connectivity index (χ0) is 18.4. The standard InChI is InChI=1S/C16H25N3O5S/c1-11-8-19-13(9-18(11)15(20)24-16(2,3)4)14(7-17-19)25(21,22)12-5-6-23-10-12/h7,11-12H,5-6,8-10H2,1-4H3/t11-,12?/m0/s1. The first-order valence-electron chi connectivity index (χ1n) is 8.45. The highest BCUT2D eigenvalue weighted by molar-refractivity contribution is 7.92. The zero-order valence-corrected chi connectivity index (χ0v) is 15.9. The maximum Gasteiger partial charge on any atom is 0.410 e. The van der Waals surface area contributed by atoms with Gasteiger partial charge in [-0.1, -0.05) is 0 Å². The minimum absolute atomic E-state index is 0.132. The Morgan fingerprint density at radius 2 is 2.12 bits per heavy atom. The molecule has 2 aliphatic heterocycles. The number of nitrogens with zero attached hydrogens (tertiary/aromatic N) is 3. The molecule has 0 bridgehead atoms. The quantitative estimate of drug-likeness (QED) is 0.784. The van der Waals surface area contributed by atoms with E-state index < -0.39 is 26.8 Å². The van der Waals surface area contributed by atoms with Crippen LogP contribution in [0.25, 0.3) is 0 Å². The van der Waals surface area contributed by atoms with Crippen LogP contribution in [0.3, 0.4) is 0 Å². The number of carbonyl (C=O) groups is 1. The Hall–Kier alpha value is -1.61. The van der Waals surface area contributed by atoms with E-state index in [9.17, 15) is 13.2 Å². The summed E-state index contributed by atoms with van der Waals surface area (Å²) >= 11 is 0. The highest BCUT2D eigenvalue weighted by atomic mass is 32.2. The lowest BCUT2D eigenvalue weighted by molar-refractivity contribution is 0.00874. The van der Waals surface area contributed by atoms with Crippen molar-refractivity contribution in [3.05, 3.63) is 11.9 Å². The van der Waals surface area contributed by atoms with E-state index in [2.05, 4.69) is 5.10 Å². The van der Waals surface area contributed by atoms with Crippen molar-refractivity contribution in [3.8, 4) is 0 Å². The summed E-state index contributed by atoms with van der Waals surface area (Å²) in [4.78, 5) is 14.2. The molecule has 9 heteroatoms. The van der Waals surface area contributed by atoms with Crippen molar-refractivity contribution in [2.45, 2.75) is 69.0 Å². The van der Waals surface area contributed by atoms with Crippen molar-refractivity contribution in [3.63, 3.8) is 0 Å². The highest BCUT2D eigenvalue weighted by Crippen LogP contribution is 2.29. The van der Waals surface area contributed by atoms with Gasteiger partial charge in [-0.2, -0.15) is 5.10 Å². The van der Waals surface area contributed by atoms with Crippen molar-refractivity contribution in [2.24, 2.45) is 0 Å². The number of aromatic nitrogens is 2. The fourth-order valence-corrected chi connectivity index (χ4v) is 4.85. The second-order valence-electron chi connectivity index (χ2n) is 7.63. The van der Waals surface area contributed by atoms with E-state index >= 15 is 0 Å². The summed E-state index contributed by atoms with van der Waals surface area (Å²) in [6, 6.07) is -0.132. The zero-order valence-electron chi connectivity index (χ0n) is 15.1. The molecule has 1 fully saturated rings. The van der Waals surface area contributed by atoms with Crippen LogP contribution in [-0.4, -0.2) is 59.3 Å². The van der Waals surface area contributed by atoms with Gasteiger partial charge in [0.05, 0.1) is 42.9 Å². The molecule has 140 valence electrons. The highest BCUT2D eigenvalue weighted by Gasteiger charge is 2.38. The van der Waals surface area contributed by atoms with Gasteiger partial charge < -0.3 is 9.47 Å². The average molecular weight is 371 g/mol. The first-order valence-corrected chi connectivity index (χ1v) is 10.00. The minimum atomic E-state index is -3.53. The monoisotopic (exact) mass is 371 g/mol. The van der Waals surface area contributed by atoms with E-state index in [4.69, 9.17) is 9.47 Å². The first kappa shape index (κ1) is 18.2. The Labute approximate surface area is 148 Å². The lowest BCUT2D eigenvalue weighted by Crippen LogP contribution is -2.47. The summed E-state index contributed by atoms with van der Waals surface area (Å²) in [5.74, 6) is 0. The van der Waals surface area contributed by atoms with Gasteiger partial charge in [0.25, 0.3) is 0 Å². The van der Waals surface area contributed by atoms with Crippen LogP contribution in [0, 0.1) is 0 Å². The van der Waals surface area contributed by atoms with Crippen molar-refractivity contribution < 1.29 is 22.7 Å². The molecule has 1 aromatic heterocycles.